The number of nitrogens with zero attached hydrogens (tertiary/aromatic N) is 2. The van der Waals surface area contributed by atoms with Crippen molar-refractivity contribution in [3.05, 3.63) is 28.3 Å². The van der Waals surface area contributed by atoms with Gasteiger partial charge in [0.05, 0.1) is 4.92 Å². The number of hydrogen-bond donors (Lipinski definition) is 1. The van der Waals surface area contributed by atoms with E-state index in [0.717, 1.165) is 10.7 Å². The van der Waals surface area contributed by atoms with Crippen LogP contribution in [0.15, 0.2) is 23.1 Å². The van der Waals surface area contributed by atoms with Crippen LogP contribution in [-0.2, 0) is 10.0 Å². The van der Waals surface area contributed by atoms with Crippen LogP contribution in [0.1, 0.15) is 13.3 Å². The molecule has 1 N–H and O–H groups in total. The lowest BCUT2D eigenvalue weighted by Crippen LogP contribution is -2.23. The van der Waals surface area contributed by atoms with E-state index in [1.54, 1.807) is 0 Å². The molecule has 0 radical (unpaired) electrons. The van der Waals surface area contributed by atoms with E-state index in [1.807, 2.05) is 6.92 Å². The Balaban J connectivity index is 3.36. The monoisotopic (exact) mass is 287 g/mol. The van der Waals surface area contributed by atoms with Crippen LogP contribution < -0.4 is 5.32 Å². The van der Waals surface area contributed by atoms with Crippen LogP contribution in [0.5, 0.6) is 0 Å². The van der Waals surface area contributed by atoms with E-state index in [1.165, 1.54) is 32.3 Å². The first-order valence-corrected chi connectivity index (χ1v) is 7.19. The van der Waals surface area contributed by atoms with Crippen molar-refractivity contribution in [2.75, 3.05) is 26.0 Å². The summed E-state index contributed by atoms with van der Waals surface area (Å²) < 4.78 is 25.1. The summed E-state index contributed by atoms with van der Waals surface area (Å²) in [5.41, 5.74) is 0.128. The molecule has 0 aliphatic carbocycles. The molecule has 0 atom stereocenters. The topological polar surface area (TPSA) is 92.5 Å². The van der Waals surface area contributed by atoms with E-state index >= 15 is 0 Å². The van der Waals surface area contributed by atoms with Crippen molar-refractivity contribution in [1.29, 1.82) is 0 Å². The van der Waals surface area contributed by atoms with Crippen LogP contribution in [0.3, 0.4) is 0 Å². The highest BCUT2D eigenvalue weighted by atomic mass is 32.2. The summed E-state index contributed by atoms with van der Waals surface area (Å²) in [5.74, 6) is 0. The average Bonchev–Trinajstić information content (AvgIpc) is 2.35. The maximum absolute atomic E-state index is 12.1. The molecule has 0 spiro atoms. The van der Waals surface area contributed by atoms with E-state index in [4.69, 9.17) is 0 Å². The number of hydrogen-bond acceptors (Lipinski definition) is 5. The lowest BCUT2D eigenvalue weighted by atomic mass is 10.3. The Morgan fingerprint density at radius 1 is 1.37 bits per heavy atom. The van der Waals surface area contributed by atoms with Crippen molar-refractivity contribution in [1.82, 2.24) is 4.31 Å². The van der Waals surface area contributed by atoms with Gasteiger partial charge in [-0.15, -0.1) is 0 Å². The molecule has 0 amide bonds. The van der Waals surface area contributed by atoms with Crippen LogP contribution in [0, 0.1) is 10.1 Å². The van der Waals surface area contributed by atoms with Gasteiger partial charge >= 0.3 is 0 Å². The van der Waals surface area contributed by atoms with Gasteiger partial charge in [0.15, 0.2) is 4.90 Å². The minimum absolute atomic E-state index is 0.302. The first-order chi connectivity index (χ1) is 8.80. The zero-order valence-corrected chi connectivity index (χ0v) is 11.9. The van der Waals surface area contributed by atoms with Crippen molar-refractivity contribution in [3.8, 4) is 0 Å². The minimum Gasteiger partial charge on any atom is -0.385 e. The van der Waals surface area contributed by atoms with Crippen molar-refractivity contribution >= 4 is 21.4 Å². The third kappa shape index (κ3) is 3.42. The number of nitro benzene ring substituents is 1. The molecule has 0 heterocycles. The highest BCUT2D eigenvalue weighted by Crippen LogP contribution is 2.28. The molecule has 0 fully saturated rings. The molecule has 1 rings (SSSR count). The number of nitrogens with one attached hydrogen (secondary N) is 1. The summed E-state index contributed by atoms with van der Waals surface area (Å²) in [6.45, 7) is 2.63. The molecule has 0 saturated carbocycles. The van der Waals surface area contributed by atoms with Gasteiger partial charge in [-0.05, 0) is 18.6 Å². The number of anilines is 1. The van der Waals surface area contributed by atoms with E-state index in [0.29, 0.717) is 12.2 Å². The zero-order chi connectivity index (χ0) is 14.6. The smallest absolute Gasteiger partial charge is 0.289 e. The maximum atomic E-state index is 12.1. The predicted octanol–water partition coefficient (Wildman–Crippen LogP) is 1.67. The summed E-state index contributed by atoms with van der Waals surface area (Å²) in [5, 5.41) is 13.9. The van der Waals surface area contributed by atoms with Gasteiger partial charge in [-0.25, -0.2) is 12.7 Å². The quantitative estimate of drug-likeness (QED) is 0.634. The van der Waals surface area contributed by atoms with Crippen LogP contribution in [0.25, 0.3) is 0 Å². The second-order valence-electron chi connectivity index (χ2n) is 4.15. The van der Waals surface area contributed by atoms with Crippen molar-refractivity contribution < 1.29 is 13.3 Å². The molecule has 1 aromatic rings. The van der Waals surface area contributed by atoms with Gasteiger partial charge in [0.1, 0.15) is 0 Å². The molecule has 0 bridgehead atoms. The highest BCUT2D eigenvalue weighted by Gasteiger charge is 2.28. The Hall–Kier alpha value is -1.67. The summed E-state index contributed by atoms with van der Waals surface area (Å²) in [7, 11) is -1.17. The standard InChI is InChI=1S/C11H17N3O4S/c1-4-7-12-9-5-6-10(14(15)16)11(8-9)19(17,18)13(2)3/h5-6,8,12H,4,7H2,1-3H3. The summed E-state index contributed by atoms with van der Waals surface area (Å²) in [6.07, 6.45) is 0.868. The van der Waals surface area contributed by atoms with Crippen molar-refractivity contribution in [2.45, 2.75) is 18.2 Å². The Morgan fingerprint density at radius 3 is 2.47 bits per heavy atom. The summed E-state index contributed by atoms with van der Waals surface area (Å²) in [4.78, 5) is 9.92. The van der Waals surface area contributed by atoms with Gasteiger partial charge in [-0.2, -0.15) is 0 Å². The molecule has 0 aliphatic rings. The molecule has 7 nitrogen and oxygen atoms in total. The van der Waals surface area contributed by atoms with Crippen molar-refractivity contribution in [3.63, 3.8) is 0 Å². The van der Waals surface area contributed by atoms with Gasteiger partial charge in [0.2, 0.25) is 10.0 Å². The molecule has 0 aromatic heterocycles. The average molecular weight is 287 g/mol. The Kier molecular flexibility index (Phi) is 4.84. The zero-order valence-electron chi connectivity index (χ0n) is 11.1. The molecular formula is C11H17N3O4S. The fraction of sp³-hybridized carbons (Fsp3) is 0.455. The first kappa shape index (κ1) is 15.4. The molecule has 1 aromatic carbocycles. The number of rotatable bonds is 6. The van der Waals surface area contributed by atoms with Gasteiger partial charge in [0.25, 0.3) is 5.69 Å². The van der Waals surface area contributed by atoms with Crippen LogP contribution >= 0.6 is 0 Å². The van der Waals surface area contributed by atoms with Gasteiger partial charge in [0, 0.05) is 32.4 Å². The normalized spacial score (nSPS) is 11.6. The highest BCUT2D eigenvalue weighted by molar-refractivity contribution is 7.89. The molecule has 106 valence electrons. The van der Waals surface area contributed by atoms with E-state index in [-0.39, 0.29) is 4.90 Å². The third-order valence-corrected chi connectivity index (χ3v) is 4.34. The fourth-order valence-corrected chi connectivity index (χ4v) is 2.52. The Morgan fingerprint density at radius 2 is 2.00 bits per heavy atom. The Labute approximate surface area is 112 Å². The van der Waals surface area contributed by atoms with E-state index in [2.05, 4.69) is 5.32 Å². The van der Waals surface area contributed by atoms with Gasteiger partial charge < -0.3 is 5.32 Å². The molecule has 0 unspecified atom stereocenters. The van der Waals surface area contributed by atoms with Gasteiger partial charge in [-0.1, -0.05) is 6.92 Å². The minimum atomic E-state index is -3.85. The molecule has 8 heteroatoms. The molecule has 0 aliphatic heterocycles. The van der Waals surface area contributed by atoms with E-state index in [9.17, 15) is 18.5 Å². The molecule has 0 saturated heterocycles. The molecular weight excluding hydrogens is 270 g/mol. The largest absolute Gasteiger partial charge is 0.385 e. The lowest BCUT2D eigenvalue weighted by molar-refractivity contribution is -0.387. The third-order valence-electron chi connectivity index (χ3n) is 2.49. The first-order valence-electron chi connectivity index (χ1n) is 5.75. The number of benzene rings is 1. The maximum Gasteiger partial charge on any atom is 0.289 e. The summed E-state index contributed by atoms with van der Waals surface area (Å²) >= 11 is 0. The van der Waals surface area contributed by atoms with Crippen LogP contribution in [-0.4, -0.2) is 38.3 Å². The second kappa shape index (κ2) is 5.98. The van der Waals surface area contributed by atoms with Crippen molar-refractivity contribution in [2.24, 2.45) is 0 Å². The van der Waals surface area contributed by atoms with E-state index < -0.39 is 20.6 Å². The number of nitro groups is 1. The molecule has 19 heavy (non-hydrogen) atoms. The van der Waals surface area contributed by atoms with Crippen LogP contribution in [0.2, 0.25) is 0 Å². The second-order valence-corrected chi connectivity index (χ2v) is 6.27. The van der Waals surface area contributed by atoms with Gasteiger partial charge in [-0.3, -0.25) is 10.1 Å². The predicted molar refractivity (Wildman–Crippen MR) is 72.7 cm³/mol. The number of sulfonamides is 1. The Bertz CT molecular complexity index is 569. The summed E-state index contributed by atoms with van der Waals surface area (Å²) in [6, 6.07) is 4.00. The lowest BCUT2D eigenvalue weighted by Gasteiger charge is -2.13. The fourth-order valence-electron chi connectivity index (χ4n) is 1.45. The van der Waals surface area contributed by atoms with Crippen LogP contribution in [0.4, 0.5) is 11.4 Å². The SMILES string of the molecule is CCCNc1ccc([N+](=O)[O-])c(S(=O)(=O)N(C)C)c1.